The number of hydrogen-bond donors (Lipinski definition) is 1. The first-order valence-corrected chi connectivity index (χ1v) is 7.28. The van der Waals surface area contributed by atoms with Crippen LogP contribution in [0.1, 0.15) is 45.7 Å². The Labute approximate surface area is 121 Å². The highest BCUT2D eigenvalue weighted by molar-refractivity contribution is 5.56. The first kappa shape index (κ1) is 15.0. The molecule has 0 radical (unpaired) electrons. The first-order chi connectivity index (χ1) is 9.29. The van der Waals surface area contributed by atoms with Gasteiger partial charge in [0, 0.05) is 24.8 Å². The zero-order valence-corrected chi connectivity index (χ0v) is 12.9. The van der Waals surface area contributed by atoms with Gasteiger partial charge in [0.1, 0.15) is 5.82 Å². The third-order valence-corrected chi connectivity index (χ3v) is 3.99. The van der Waals surface area contributed by atoms with Gasteiger partial charge in [-0.3, -0.25) is 0 Å². The van der Waals surface area contributed by atoms with E-state index in [4.69, 9.17) is 5.73 Å². The minimum Gasteiger partial charge on any atom is -0.367 e. The molecular weight excluding hydrogens is 251 g/mol. The zero-order chi connectivity index (χ0) is 14.9. The van der Waals surface area contributed by atoms with E-state index in [1.165, 1.54) is 11.6 Å². The normalized spacial score (nSPS) is 17.9. The summed E-state index contributed by atoms with van der Waals surface area (Å²) in [6.07, 6.45) is 3.36. The van der Waals surface area contributed by atoms with Crippen molar-refractivity contribution in [3.8, 4) is 0 Å². The Hall–Kier alpha value is -1.35. The van der Waals surface area contributed by atoms with Gasteiger partial charge in [-0.1, -0.05) is 32.4 Å². The molecule has 2 N–H and O–H groups in total. The second kappa shape index (κ2) is 5.57. The number of benzene rings is 1. The first-order valence-electron chi connectivity index (χ1n) is 7.28. The summed E-state index contributed by atoms with van der Waals surface area (Å²) in [5.41, 5.74) is 9.66. The fraction of sp³-hybridized carbons (Fsp3) is 0.529. The predicted octanol–water partition coefficient (Wildman–Crippen LogP) is 4.03. The molecular formula is C17H25FN2. The van der Waals surface area contributed by atoms with Crippen molar-refractivity contribution < 1.29 is 4.39 Å². The summed E-state index contributed by atoms with van der Waals surface area (Å²) < 4.78 is 13.4. The fourth-order valence-electron chi connectivity index (χ4n) is 2.75. The molecule has 20 heavy (non-hydrogen) atoms. The van der Waals surface area contributed by atoms with E-state index in [0.29, 0.717) is 0 Å². The quantitative estimate of drug-likeness (QED) is 0.826. The molecule has 1 heterocycles. The molecule has 0 fully saturated rings. The van der Waals surface area contributed by atoms with E-state index in [1.54, 1.807) is 6.07 Å². The molecule has 2 nitrogen and oxygen atoms in total. The Kier molecular flexibility index (Phi) is 4.19. The third-order valence-electron chi connectivity index (χ3n) is 3.99. The van der Waals surface area contributed by atoms with Crippen molar-refractivity contribution in [3.05, 3.63) is 41.2 Å². The van der Waals surface area contributed by atoms with E-state index in [9.17, 15) is 4.39 Å². The van der Waals surface area contributed by atoms with Crippen LogP contribution in [0.2, 0.25) is 0 Å². The Morgan fingerprint density at radius 1 is 1.30 bits per heavy atom. The molecule has 3 heteroatoms. The van der Waals surface area contributed by atoms with E-state index < -0.39 is 0 Å². The summed E-state index contributed by atoms with van der Waals surface area (Å²) in [5, 5.41) is 0. The molecule has 1 aliphatic rings. The van der Waals surface area contributed by atoms with Gasteiger partial charge in [-0.05, 0) is 42.5 Å². The summed E-state index contributed by atoms with van der Waals surface area (Å²) in [7, 11) is 0. The molecule has 2 rings (SSSR count). The molecule has 0 saturated heterocycles. The van der Waals surface area contributed by atoms with Crippen LogP contribution in [-0.4, -0.2) is 13.1 Å². The lowest BCUT2D eigenvalue weighted by molar-refractivity contribution is 0.472. The molecule has 0 saturated carbocycles. The summed E-state index contributed by atoms with van der Waals surface area (Å²) >= 11 is 0. The van der Waals surface area contributed by atoms with Crippen LogP contribution < -0.4 is 10.6 Å². The van der Waals surface area contributed by atoms with Crippen molar-refractivity contribution in [1.29, 1.82) is 0 Å². The molecule has 1 aromatic rings. The van der Waals surface area contributed by atoms with Gasteiger partial charge in [-0.15, -0.1) is 0 Å². The van der Waals surface area contributed by atoms with E-state index in [2.05, 4.69) is 31.7 Å². The number of nitrogens with zero attached hydrogens (tertiary/aromatic N) is 1. The molecule has 0 bridgehead atoms. The summed E-state index contributed by atoms with van der Waals surface area (Å²) in [6, 6.07) is 4.77. The van der Waals surface area contributed by atoms with Crippen LogP contribution >= 0.6 is 0 Å². The number of rotatable bonds is 2. The SMILES string of the molecule is C[C@H](N)c1cc(F)ccc1N1CC=C(C(C)(C)C)CC1. The molecule has 0 spiro atoms. The van der Waals surface area contributed by atoms with Crippen LogP contribution in [0.4, 0.5) is 10.1 Å². The summed E-state index contributed by atoms with van der Waals surface area (Å²) in [5.74, 6) is -0.219. The largest absolute Gasteiger partial charge is 0.367 e. The zero-order valence-electron chi connectivity index (χ0n) is 12.9. The average Bonchev–Trinajstić information content (AvgIpc) is 2.37. The second-order valence-corrected chi connectivity index (χ2v) is 6.67. The highest BCUT2D eigenvalue weighted by Crippen LogP contribution is 2.33. The van der Waals surface area contributed by atoms with Crippen molar-refractivity contribution in [3.63, 3.8) is 0 Å². The lowest BCUT2D eigenvalue weighted by Crippen LogP contribution is -2.32. The van der Waals surface area contributed by atoms with Crippen LogP contribution in [0, 0.1) is 11.2 Å². The molecule has 1 aliphatic heterocycles. The van der Waals surface area contributed by atoms with Crippen molar-refractivity contribution in [2.45, 2.75) is 40.2 Å². The van der Waals surface area contributed by atoms with E-state index in [0.717, 1.165) is 30.8 Å². The molecule has 1 atom stereocenters. The average molecular weight is 276 g/mol. The number of anilines is 1. The topological polar surface area (TPSA) is 29.3 Å². The Morgan fingerprint density at radius 2 is 2.00 bits per heavy atom. The standard InChI is InChI=1S/C17H25FN2/c1-12(19)15-11-14(18)5-6-16(15)20-9-7-13(8-10-20)17(2,3)4/h5-7,11-12H,8-10,19H2,1-4H3/t12-/m0/s1. The molecule has 0 aromatic heterocycles. The van der Waals surface area contributed by atoms with Gasteiger partial charge in [0.2, 0.25) is 0 Å². The molecule has 0 aliphatic carbocycles. The highest BCUT2D eigenvalue weighted by Gasteiger charge is 2.23. The predicted molar refractivity (Wildman–Crippen MR) is 83.4 cm³/mol. The molecule has 1 aromatic carbocycles. The van der Waals surface area contributed by atoms with Crippen molar-refractivity contribution in [2.24, 2.45) is 11.1 Å². The van der Waals surface area contributed by atoms with Gasteiger partial charge < -0.3 is 10.6 Å². The molecule has 110 valence electrons. The van der Waals surface area contributed by atoms with Crippen LogP contribution in [0.5, 0.6) is 0 Å². The number of hydrogen-bond acceptors (Lipinski definition) is 2. The Bertz CT molecular complexity index is 512. The van der Waals surface area contributed by atoms with Gasteiger partial charge in [-0.25, -0.2) is 4.39 Å². The van der Waals surface area contributed by atoms with Crippen molar-refractivity contribution >= 4 is 5.69 Å². The summed E-state index contributed by atoms with van der Waals surface area (Å²) in [4.78, 5) is 2.29. The lowest BCUT2D eigenvalue weighted by atomic mass is 9.83. The number of nitrogens with two attached hydrogens (primary N) is 1. The minimum absolute atomic E-state index is 0.159. The van der Waals surface area contributed by atoms with Gasteiger partial charge in [0.15, 0.2) is 0 Å². The summed E-state index contributed by atoms with van der Waals surface area (Å²) in [6.45, 7) is 10.5. The fourth-order valence-corrected chi connectivity index (χ4v) is 2.75. The van der Waals surface area contributed by atoms with Gasteiger partial charge >= 0.3 is 0 Å². The molecule has 0 unspecified atom stereocenters. The van der Waals surface area contributed by atoms with Crippen molar-refractivity contribution in [2.75, 3.05) is 18.0 Å². The van der Waals surface area contributed by atoms with Gasteiger partial charge in [0.05, 0.1) is 0 Å². The maximum Gasteiger partial charge on any atom is 0.123 e. The van der Waals surface area contributed by atoms with Gasteiger partial charge in [-0.2, -0.15) is 0 Å². The lowest BCUT2D eigenvalue weighted by Gasteiger charge is -2.34. The van der Waals surface area contributed by atoms with Gasteiger partial charge in [0.25, 0.3) is 0 Å². The Morgan fingerprint density at radius 3 is 2.50 bits per heavy atom. The third kappa shape index (κ3) is 3.21. The maximum atomic E-state index is 13.4. The highest BCUT2D eigenvalue weighted by atomic mass is 19.1. The van der Waals surface area contributed by atoms with Crippen LogP contribution in [0.3, 0.4) is 0 Å². The smallest absolute Gasteiger partial charge is 0.123 e. The van der Waals surface area contributed by atoms with E-state index >= 15 is 0 Å². The van der Waals surface area contributed by atoms with E-state index in [1.807, 2.05) is 13.0 Å². The van der Waals surface area contributed by atoms with Crippen molar-refractivity contribution in [1.82, 2.24) is 0 Å². The van der Waals surface area contributed by atoms with E-state index in [-0.39, 0.29) is 17.3 Å². The van der Waals surface area contributed by atoms with Crippen LogP contribution in [0.25, 0.3) is 0 Å². The molecule has 0 amide bonds. The second-order valence-electron chi connectivity index (χ2n) is 6.67. The van der Waals surface area contributed by atoms with Crippen LogP contribution in [-0.2, 0) is 0 Å². The maximum absolute atomic E-state index is 13.4. The Balaban J connectivity index is 2.25. The number of halogens is 1. The minimum atomic E-state index is -0.219. The van der Waals surface area contributed by atoms with Crippen LogP contribution in [0.15, 0.2) is 29.8 Å². The monoisotopic (exact) mass is 276 g/mol.